The van der Waals surface area contributed by atoms with Gasteiger partial charge in [0.2, 0.25) is 5.91 Å². The number of nitrogens with zero attached hydrogens (tertiary/aromatic N) is 3. The van der Waals surface area contributed by atoms with Gasteiger partial charge in [-0.1, -0.05) is 38.1 Å². The average molecular weight is 524 g/mol. The third-order valence-corrected chi connectivity index (χ3v) is 9.87. The van der Waals surface area contributed by atoms with Crippen molar-refractivity contribution in [2.24, 2.45) is 22.7 Å². The fraction of sp³-hybridized carbons (Fsp3) is 0.621. The van der Waals surface area contributed by atoms with Crippen molar-refractivity contribution in [3.63, 3.8) is 0 Å². The number of rotatable bonds is 7. The van der Waals surface area contributed by atoms with E-state index >= 15 is 0 Å². The Labute approximate surface area is 223 Å². The van der Waals surface area contributed by atoms with E-state index in [9.17, 15) is 9.59 Å². The van der Waals surface area contributed by atoms with Gasteiger partial charge in [0, 0.05) is 56.6 Å². The Bertz CT molecular complexity index is 1140. The summed E-state index contributed by atoms with van der Waals surface area (Å²) in [6, 6.07) is 8.76. The van der Waals surface area contributed by atoms with E-state index in [1.807, 2.05) is 9.80 Å². The van der Waals surface area contributed by atoms with Crippen LogP contribution in [0, 0.1) is 22.7 Å². The molecular weight excluding hydrogens is 486 g/mol. The first-order valence-corrected chi connectivity index (χ1v) is 14.4. The van der Waals surface area contributed by atoms with E-state index in [1.54, 1.807) is 11.7 Å². The summed E-state index contributed by atoms with van der Waals surface area (Å²) in [5, 5.41) is 0. The summed E-state index contributed by atoms with van der Waals surface area (Å²) in [5.41, 5.74) is 4.31. The monoisotopic (exact) mass is 523 g/mol. The molecule has 1 aromatic heterocycles. The van der Waals surface area contributed by atoms with E-state index in [-0.39, 0.29) is 34.5 Å². The van der Waals surface area contributed by atoms with E-state index in [4.69, 9.17) is 9.47 Å². The van der Waals surface area contributed by atoms with Crippen molar-refractivity contribution in [2.45, 2.75) is 45.6 Å². The van der Waals surface area contributed by atoms with Crippen molar-refractivity contribution in [3.05, 3.63) is 52.0 Å². The molecule has 2 atom stereocenters. The van der Waals surface area contributed by atoms with Gasteiger partial charge in [-0.15, -0.1) is 11.3 Å². The maximum atomic E-state index is 13.1. The number of benzene rings is 1. The molecule has 4 fully saturated rings. The Hall–Kier alpha value is -2.29. The number of hydrogen-bond acceptors (Lipinski definition) is 6. The Morgan fingerprint density at radius 3 is 2.62 bits per heavy atom. The molecule has 2 amide bonds. The van der Waals surface area contributed by atoms with Crippen LogP contribution in [0.3, 0.4) is 0 Å². The molecule has 2 aromatic rings. The first-order valence-electron chi connectivity index (χ1n) is 13.6. The van der Waals surface area contributed by atoms with Crippen LogP contribution in [0.4, 0.5) is 0 Å². The van der Waals surface area contributed by atoms with Crippen LogP contribution >= 0.6 is 11.3 Å². The molecule has 3 saturated heterocycles. The van der Waals surface area contributed by atoms with Crippen LogP contribution < -0.4 is 0 Å². The molecule has 0 unspecified atom stereocenters. The zero-order valence-electron chi connectivity index (χ0n) is 21.9. The number of carbonyl (C=O) groups is 2. The van der Waals surface area contributed by atoms with Gasteiger partial charge in [0.05, 0.1) is 24.9 Å². The van der Waals surface area contributed by atoms with Gasteiger partial charge in [0.15, 0.2) is 0 Å². The van der Waals surface area contributed by atoms with Crippen molar-refractivity contribution in [2.75, 3.05) is 46.0 Å². The number of ether oxygens (including phenoxy) is 2. The third-order valence-electron chi connectivity index (χ3n) is 9.11. The normalized spacial score (nSPS) is 26.3. The lowest BCUT2D eigenvalue weighted by atomic mass is 9.71. The van der Waals surface area contributed by atoms with E-state index in [0.29, 0.717) is 37.1 Å². The molecule has 1 aliphatic carbocycles. The lowest BCUT2D eigenvalue weighted by Gasteiger charge is -2.51. The summed E-state index contributed by atoms with van der Waals surface area (Å²) < 4.78 is 11.8. The van der Waals surface area contributed by atoms with Crippen LogP contribution in [0.15, 0.2) is 36.0 Å². The quantitative estimate of drug-likeness (QED) is 0.544. The largest absolute Gasteiger partial charge is 0.381 e. The van der Waals surface area contributed by atoms with E-state index in [2.05, 4.69) is 43.1 Å². The second kappa shape index (κ2) is 9.79. The highest BCUT2D eigenvalue weighted by Gasteiger charge is 2.60. The number of carbonyl (C=O) groups excluding carboxylic acids is 2. The molecule has 37 heavy (non-hydrogen) atoms. The van der Waals surface area contributed by atoms with Crippen LogP contribution in [0.2, 0.25) is 0 Å². The number of amides is 2. The fourth-order valence-corrected chi connectivity index (χ4v) is 7.11. The highest BCUT2D eigenvalue weighted by molar-refractivity contribution is 7.11. The molecule has 4 heterocycles. The Kier molecular flexibility index (Phi) is 6.62. The smallest absolute Gasteiger partial charge is 0.265 e. The van der Waals surface area contributed by atoms with Gasteiger partial charge in [0.1, 0.15) is 4.88 Å². The minimum atomic E-state index is -0.0843. The number of thiazole rings is 1. The van der Waals surface area contributed by atoms with Crippen LogP contribution in [-0.4, -0.2) is 72.6 Å². The summed E-state index contributed by atoms with van der Waals surface area (Å²) >= 11 is 1.38. The van der Waals surface area contributed by atoms with Gasteiger partial charge in [-0.25, -0.2) is 0 Å². The van der Waals surface area contributed by atoms with Gasteiger partial charge in [-0.2, -0.15) is 0 Å². The van der Waals surface area contributed by atoms with Crippen LogP contribution in [0.5, 0.6) is 0 Å². The molecule has 8 heteroatoms. The topological polar surface area (TPSA) is 72.0 Å². The minimum Gasteiger partial charge on any atom is -0.381 e. The molecule has 1 spiro atoms. The van der Waals surface area contributed by atoms with E-state index in [0.717, 1.165) is 45.6 Å². The summed E-state index contributed by atoms with van der Waals surface area (Å²) in [6.07, 6.45) is 4.78. The van der Waals surface area contributed by atoms with Crippen molar-refractivity contribution >= 4 is 23.2 Å². The molecule has 6 rings (SSSR count). The fourth-order valence-electron chi connectivity index (χ4n) is 6.52. The SMILES string of the molecule is CC1(C)C[C@@H]1C(=O)N1CC2(CN(C(=O)c3cncs3)C[C@H]2COCc2cccc(C3CCOCC3)c2)C1. The maximum absolute atomic E-state index is 13.1. The Morgan fingerprint density at radius 1 is 1.16 bits per heavy atom. The molecule has 3 aliphatic heterocycles. The number of aromatic nitrogens is 1. The van der Waals surface area contributed by atoms with Gasteiger partial charge in [0.25, 0.3) is 5.91 Å². The first-order chi connectivity index (χ1) is 17.8. The standard InChI is InChI=1S/C29H37N3O4S/c1-28(2)11-24(28)26(33)32-17-29(18-32)16-31(27(34)25-12-30-19-37-25)13-23(29)15-36-14-20-4-3-5-22(10-20)21-6-8-35-9-7-21/h3-5,10,12,19,21,23-24H,6-9,11,13-18H2,1-2H3/t23-,24+/m0/s1. The van der Waals surface area contributed by atoms with E-state index in [1.165, 1.54) is 22.5 Å². The molecule has 1 aromatic carbocycles. The van der Waals surface area contributed by atoms with Crippen molar-refractivity contribution < 1.29 is 19.1 Å². The van der Waals surface area contributed by atoms with Crippen LogP contribution in [-0.2, 0) is 20.9 Å². The minimum absolute atomic E-state index is 0.0432. The summed E-state index contributed by atoms with van der Waals surface area (Å²) in [4.78, 5) is 34.9. The Balaban J connectivity index is 1.10. The third kappa shape index (κ3) is 4.95. The molecular formula is C29H37N3O4S. The summed E-state index contributed by atoms with van der Waals surface area (Å²) in [6.45, 7) is 9.94. The predicted molar refractivity (Wildman–Crippen MR) is 141 cm³/mol. The number of likely N-dealkylation sites (tertiary alicyclic amines) is 2. The van der Waals surface area contributed by atoms with Crippen molar-refractivity contribution in [3.8, 4) is 0 Å². The second-order valence-corrected chi connectivity index (χ2v) is 13.1. The van der Waals surface area contributed by atoms with Crippen LogP contribution in [0.1, 0.15) is 59.8 Å². The summed E-state index contributed by atoms with van der Waals surface area (Å²) in [5.74, 6) is 1.25. The van der Waals surface area contributed by atoms with Crippen molar-refractivity contribution in [1.82, 2.24) is 14.8 Å². The van der Waals surface area contributed by atoms with Gasteiger partial charge in [-0.3, -0.25) is 14.6 Å². The highest BCUT2D eigenvalue weighted by atomic mass is 32.1. The lowest BCUT2D eigenvalue weighted by Crippen LogP contribution is -2.63. The first kappa shape index (κ1) is 25.0. The zero-order valence-corrected chi connectivity index (χ0v) is 22.7. The zero-order chi connectivity index (χ0) is 25.6. The van der Waals surface area contributed by atoms with Crippen molar-refractivity contribution in [1.29, 1.82) is 0 Å². The summed E-state index contributed by atoms with van der Waals surface area (Å²) in [7, 11) is 0. The molecule has 0 N–H and O–H groups in total. The number of hydrogen-bond donors (Lipinski definition) is 0. The maximum Gasteiger partial charge on any atom is 0.265 e. The molecule has 0 bridgehead atoms. The molecule has 198 valence electrons. The second-order valence-electron chi connectivity index (χ2n) is 12.2. The lowest BCUT2D eigenvalue weighted by molar-refractivity contribution is -0.148. The molecule has 7 nitrogen and oxygen atoms in total. The average Bonchev–Trinajstić information content (AvgIpc) is 3.26. The molecule has 4 aliphatic rings. The predicted octanol–water partition coefficient (Wildman–Crippen LogP) is 4.20. The van der Waals surface area contributed by atoms with Gasteiger partial charge in [-0.05, 0) is 41.7 Å². The molecule has 0 radical (unpaired) electrons. The Morgan fingerprint density at radius 2 is 1.92 bits per heavy atom. The van der Waals surface area contributed by atoms with Crippen LogP contribution in [0.25, 0.3) is 0 Å². The highest BCUT2D eigenvalue weighted by Crippen LogP contribution is 2.54. The van der Waals surface area contributed by atoms with E-state index < -0.39 is 0 Å². The molecule has 1 saturated carbocycles. The van der Waals surface area contributed by atoms with Gasteiger partial charge < -0.3 is 19.3 Å². The van der Waals surface area contributed by atoms with Gasteiger partial charge >= 0.3 is 0 Å².